The number of carbonyl (C=O) groups is 2. The standard InChI is InChI=1S/C16H12BrF2NO3/c17-11-3-1-10(2-4-11)7-16(22)23-9-15(21)20-12-5-6-13(18)14(19)8-12/h1-6,8H,7,9H2,(H,20,21). The molecule has 1 N–H and O–H groups in total. The summed E-state index contributed by atoms with van der Waals surface area (Å²) in [7, 11) is 0. The van der Waals surface area contributed by atoms with Gasteiger partial charge in [0.15, 0.2) is 18.2 Å². The minimum absolute atomic E-state index is 0.0335. The number of anilines is 1. The van der Waals surface area contributed by atoms with Crippen LogP contribution in [0.5, 0.6) is 0 Å². The maximum Gasteiger partial charge on any atom is 0.310 e. The molecular weight excluding hydrogens is 372 g/mol. The Kier molecular flexibility index (Phi) is 5.81. The van der Waals surface area contributed by atoms with Crippen LogP contribution in [0.1, 0.15) is 5.56 Å². The summed E-state index contributed by atoms with van der Waals surface area (Å²) in [6.07, 6.45) is 0.0335. The molecule has 0 atom stereocenters. The minimum Gasteiger partial charge on any atom is -0.455 e. The molecule has 0 saturated carbocycles. The van der Waals surface area contributed by atoms with Crippen molar-refractivity contribution in [2.24, 2.45) is 0 Å². The molecule has 0 unspecified atom stereocenters. The average molecular weight is 384 g/mol. The Morgan fingerprint density at radius 3 is 2.39 bits per heavy atom. The first-order valence-corrected chi connectivity index (χ1v) is 7.38. The highest BCUT2D eigenvalue weighted by Gasteiger charge is 2.10. The summed E-state index contributed by atoms with van der Waals surface area (Å²) in [6, 6.07) is 10.0. The molecule has 0 spiro atoms. The topological polar surface area (TPSA) is 55.4 Å². The fourth-order valence-electron chi connectivity index (χ4n) is 1.74. The van der Waals surface area contributed by atoms with Gasteiger partial charge < -0.3 is 10.1 Å². The van der Waals surface area contributed by atoms with Gasteiger partial charge in [-0.25, -0.2) is 8.78 Å². The van der Waals surface area contributed by atoms with Gasteiger partial charge in [-0.2, -0.15) is 0 Å². The van der Waals surface area contributed by atoms with Crippen molar-refractivity contribution in [3.05, 3.63) is 64.1 Å². The van der Waals surface area contributed by atoms with E-state index in [0.717, 1.165) is 22.2 Å². The fourth-order valence-corrected chi connectivity index (χ4v) is 2.00. The zero-order valence-electron chi connectivity index (χ0n) is 11.8. The van der Waals surface area contributed by atoms with E-state index in [0.29, 0.717) is 0 Å². The molecule has 0 aliphatic carbocycles. The molecule has 7 heteroatoms. The average Bonchev–Trinajstić information content (AvgIpc) is 2.51. The lowest BCUT2D eigenvalue weighted by Gasteiger charge is -2.07. The van der Waals surface area contributed by atoms with Crippen LogP contribution in [0.2, 0.25) is 0 Å². The van der Waals surface area contributed by atoms with Gasteiger partial charge in [0.1, 0.15) is 0 Å². The zero-order valence-corrected chi connectivity index (χ0v) is 13.4. The third kappa shape index (κ3) is 5.45. The van der Waals surface area contributed by atoms with Gasteiger partial charge in [0.2, 0.25) is 0 Å². The molecule has 1 amide bonds. The highest BCUT2D eigenvalue weighted by Crippen LogP contribution is 2.13. The number of esters is 1. The van der Waals surface area contributed by atoms with E-state index in [9.17, 15) is 18.4 Å². The molecular formula is C16H12BrF2NO3. The molecule has 2 aromatic carbocycles. The van der Waals surface area contributed by atoms with E-state index < -0.39 is 30.1 Å². The maximum absolute atomic E-state index is 13.0. The van der Waals surface area contributed by atoms with Crippen molar-refractivity contribution in [2.45, 2.75) is 6.42 Å². The van der Waals surface area contributed by atoms with Gasteiger partial charge in [0.05, 0.1) is 6.42 Å². The smallest absolute Gasteiger partial charge is 0.310 e. The monoisotopic (exact) mass is 383 g/mol. The molecule has 23 heavy (non-hydrogen) atoms. The number of hydrogen-bond donors (Lipinski definition) is 1. The summed E-state index contributed by atoms with van der Waals surface area (Å²) in [5, 5.41) is 2.31. The van der Waals surface area contributed by atoms with Crippen LogP contribution in [0.4, 0.5) is 14.5 Å². The van der Waals surface area contributed by atoms with Crippen LogP contribution >= 0.6 is 15.9 Å². The first kappa shape index (κ1) is 17.1. The number of benzene rings is 2. The van der Waals surface area contributed by atoms with Crippen molar-refractivity contribution < 1.29 is 23.1 Å². The number of amides is 1. The summed E-state index contributed by atoms with van der Waals surface area (Å²) in [6.45, 7) is -0.506. The molecule has 2 aromatic rings. The van der Waals surface area contributed by atoms with Crippen molar-refractivity contribution in [1.82, 2.24) is 0 Å². The van der Waals surface area contributed by atoms with E-state index in [1.165, 1.54) is 6.07 Å². The summed E-state index contributed by atoms with van der Waals surface area (Å²) >= 11 is 3.28. The van der Waals surface area contributed by atoms with Gasteiger partial charge in [-0.05, 0) is 29.8 Å². The number of rotatable bonds is 5. The quantitative estimate of drug-likeness (QED) is 0.804. The predicted molar refractivity (Wildman–Crippen MR) is 83.8 cm³/mol. The summed E-state index contributed by atoms with van der Waals surface area (Å²) in [5.41, 5.74) is 0.831. The fraction of sp³-hybridized carbons (Fsp3) is 0.125. The third-order valence-corrected chi connectivity index (χ3v) is 3.36. The number of nitrogens with one attached hydrogen (secondary N) is 1. The van der Waals surface area contributed by atoms with Gasteiger partial charge in [-0.3, -0.25) is 9.59 Å². The minimum atomic E-state index is -1.07. The number of ether oxygens (including phenoxy) is 1. The molecule has 120 valence electrons. The first-order chi connectivity index (χ1) is 10.9. The van der Waals surface area contributed by atoms with Crippen LogP contribution in [0.15, 0.2) is 46.9 Å². The molecule has 0 aromatic heterocycles. The number of hydrogen-bond acceptors (Lipinski definition) is 3. The summed E-state index contributed by atoms with van der Waals surface area (Å²) in [4.78, 5) is 23.2. The van der Waals surface area contributed by atoms with Crippen LogP contribution in [-0.4, -0.2) is 18.5 Å². The second kappa shape index (κ2) is 7.82. The Balaban J connectivity index is 1.80. The number of carbonyl (C=O) groups excluding carboxylic acids is 2. The molecule has 2 rings (SSSR count). The van der Waals surface area contributed by atoms with Crippen molar-refractivity contribution >= 4 is 33.5 Å². The van der Waals surface area contributed by atoms with Crippen molar-refractivity contribution in [2.75, 3.05) is 11.9 Å². The number of halogens is 3. The van der Waals surface area contributed by atoms with Crippen LogP contribution in [0, 0.1) is 11.6 Å². The first-order valence-electron chi connectivity index (χ1n) is 6.59. The Morgan fingerprint density at radius 2 is 1.74 bits per heavy atom. The highest BCUT2D eigenvalue weighted by atomic mass is 79.9. The molecule has 0 aliphatic rings. The van der Waals surface area contributed by atoms with Gasteiger partial charge in [-0.1, -0.05) is 28.1 Å². The normalized spacial score (nSPS) is 10.2. The van der Waals surface area contributed by atoms with Crippen LogP contribution in [-0.2, 0) is 20.7 Å². The molecule has 0 bridgehead atoms. The van der Waals surface area contributed by atoms with Gasteiger partial charge in [-0.15, -0.1) is 0 Å². The lowest BCUT2D eigenvalue weighted by Crippen LogP contribution is -2.21. The van der Waals surface area contributed by atoms with E-state index in [2.05, 4.69) is 21.2 Å². The van der Waals surface area contributed by atoms with Crippen LogP contribution < -0.4 is 5.32 Å². The summed E-state index contributed by atoms with van der Waals surface area (Å²) in [5.74, 6) is -3.29. The molecule has 0 saturated heterocycles. The van der Waals surface area contributed by atoms with Crippen LogP contribution in [0.3, 0.4) is 0 Å². The highest BCUT2D eigenvalue weighted by molar-refractivity contribution is 9.10. The lowest BCUT2D eigenvalue weighted by molar-refractivity contribution is -0.146. The third-order valence-electron chi connectivity index (χ3n) is 2.83. The Hall–Kier alpha value is -2.28. The van der Waals surface area contributed by atoms with Gasteiger partial charge >= 0.3 is 5.97 Å². The molecule has 0 fully saturated rings. The SMILES string of the molecule is O=C(COC(=O)Cc1ccc(Br)cc1)Nc1ccc(F)c(F)c1. The second-order valence-electron chi connectivity index (χ2n) is 4.64. The van der Waals surface area contributed by atoms with Crippen molar-refractivity contribution in [1.29, 1.82) is 0 Å². The van der Waals surface area contributed by atoms with E-state index in [1.807, 2.05) is 0 Å². The zero-order chi connectivity index (χ0) is 16.8. The van der Waals surface area contributed by atoms with E-state index in [1.54, 1.807) is 24.3 Å². The van der Waals surface area contributed by atoms with Gasteiger partial charge in [0, 0.05) is 16.2 Å². The van der Waals surface area contributed by atoms with E-state index in [-0.39, 0.29) is 12.1 Å². The molecule has 0 aliphatic heterocycles. The molecule has 0 radical (unpaired) electrons. The maximum atomic E-state index is 13.0. The van der Waals surface area contributed by atoms with E-state index >= 15 is 0 Å². The van der Waals surface area contributed by atoms with Crippen molar-refractivity contribution in [3.8, 4) is 0 Å². The van der Waals surface area contributed by atoms with Crippen molar-refractivity contribution in [3.63, 3.8) is 0 Å². The van der Waals surface area contributed by atoms with Gasteiger partial charge in [0.25, 0.3) is 5.91 Å². The lowest BCUT2D eigenvalue weighted by atomic mass is 10.2. The Bertz CT molecular complexity index is 720. The molecule has 4 nitrogen and oxygen atoms in total. The second-order valence-corrected chi connectivity index (χ2v) is 5.56. The predicted octanol–water partition coefficient (Wildman–Crippen LogP) is 3.45. The largest absolute Gasteiger partial charge is 0.455 e. The Labute approximate surface area is 139 Å². The summed E-state index contributed by atoms with van der Waals surface area (Å²) < 4.78 is 31.5. The van der Waals surface area contributed by atoms with E-state index in [4.69, 9.17) is 4.74 Å². The van der Waals surface area contributed by atoms with Crippen LogP contribution in [0.25, 0.3) is 0 Å². The molecule has 0 heterocycles. The Morgan fingerprint density at radius 1 is 1.04 bits per heavy atom.